The summed E-state index contributed by atoms with van der Waals surface area (Å²) in [7, 11) is 0. The van der Waals surface area contributed by atoms with Gasteiger partial charge in [-0.3, -0.25) is 4.79 Å². The second-order valence-electron chi connectivity index (χ2n) is 3.22. The van der Waals surface area contributed by atoms with Gasteiger partial charge in [0, 0.05) is 17.5 Å². The van der Waals surface area contributed by atoms with Crippen molar-refractivity contribution in [3.05, 3.63) is 35.1 Å². The fourth-order valence-electron chi connectivity index (χ4n) is 1.37. The van der Waals surface area contributed by atoms with E-state index in [0.29, 0.717) is 0 Å². The van der Waals surface area contributed by atoms with E-state index in [1.165, 1.54) is 12.1 Å². The average molecular weight is 226 g/mol. The second kappa shape index (κ2) is 4.85. The number of carbonyl (C=O) groups excluding carboxylic acids is 1. The molecule has 0 saturated heterocycles. The van der Waals surface area contributed by atoms with Gasteiger partial charge < -0.3 is 10.2 Å². The molecule has 86 valence electrons. The van der Waals surface area contributed by atoms with Crippen molar-refractivity contribution >= 4 is 11.8 Å². The van der Waals surface area contributed by atoms with E-state index in [2.05, 4.69) is 0 Å². The van der Waals surface area contributed by atoms with E-state index in [-0.39, 0.29) is 12.0 Å². The van der Waals surface area contributed by atoms with Gasteiger partial charge in [0.15, 0.2) is 11.9 Å². The number of hydrogen-bond acceptors (Lipinski definition) is 3. The van der Waals surface area contributed by atoms with E-state index < -0.39 is 29.2 Å². The molecular weight excluding hydrogens is 215 g/mol. The number of carboxylic acids is 1. The Morgan fingerprint density at radius 3 is 2.56 bits per heavy atom. The van der Waals surface area contributed by atoms with Crippen LogP contribution in [0.5, 0.6) is 0 Å². The third-order valence-electron chi connectivity index (χ3n) is 2.18. The van der Waals surface area contributed by atoms with Crippen molar-refractivity contribution in [2.45, 2.75) is 19.4 Å². The van der Waals surface area contributed by atoms with Gasteiger partial charge in [-0.15, -0.1) is 0 Å². The zero-order chi connectivity index (χ0) is 12.3. The van der Waals surface area contributed by atoms with Crippen molar-refractivity contribution in [2.24, 2.45) is 0 Å². The molecule has 16 heavy (non-hydrogen) atoms. The lowest BCUT2D eigenvalue weighted by Gasteiger charge is -2.11. The van der Waals surface area contributed by atoms with E-state index in [0.717, 1.165) is 6.07 Å². The second-order valence-corrected chi connectivity index (χ2v) is 3.22. The van der Waals surface area contributed by atoms with Gasteiger partial charge in [-0.1, -0.05) is 19.1 Å². The van der Waals surface area contributed by atoms with Crippen molar-refractivity contribution in [3.63, 3.8) is 0 Å². The topological polar surface area (TPSA) is 74.6 Å². The predicted molar refractivity (Wildman–Crippen MR) is 53.6 cm³/mol. The first-order chi connectivity index (χ1) is 7.49. The molecule has 0 fully saturated rings. The van der Waals surface area contributed by atoms with Crippen LogP contribution >= 0.6 is 0 Å². The fourth-order valence-corrected chi connectivity index (χ4v) is 1.37. The van der Waals surface area contributed by atoms with Gasteiger partial charge in [0.05, 0.1) is 0 Å². The molecule has 0 aliphatic carbocycles. The van der Waals surface area contributed by atoms with Crippen LogP contribution in [0.3, 0.4) is 0 Å². The number of benzene rings is 1. The molecule has 0 aromatic heterocycles. The third kappa shape index (κ3) is 2.25. The molecule has 1 aromatic rings. The number of carbonyl (C=O) groups is 2. The molecule has 5 heteroatoms. The maximum Gasteiger partial charge on any atom is 0.337 e. The summed E-state index contributed by atoms with van der Waals surface area (Å²) in [5, 5.41) is 17.9. The van der Waals surface area contributed by atoms with Gasteiger partial charge in [-0.25, -0.2) is 9.18 Å². The van der Waals surface area contributed by atoms with Crippen LogP contribution in [-0.2, 0) is 4.79 Å². The SMILES string of the molecule is CCC(=O)c1cccc(F)c1C(O)C(=O)O. The van der Waals surface area contributed by atoms with E-state index in [4.69, 9.17) is 5.11 Å². The standard InChI is InChI=1S/C11H11FO4/c1-2-8(13)6-4-3-5-7(12)9(6)10(14)11(15)16/h3-5,10,14H,2H2,1H3,(H,15,16). The number of rotatable bonds is 4. The van der Waals surface area contributed by atoms with Crippen LogP contribution in [0, 0.1) is 5.82 Å². The minimum absolute atomic E-state index is 0.0857. The number of aliphatic carboxylic acids is 1. The molecule has 0 spiro atoms. The van der Waals surface area contributed by atoms with E-state index in [1.54, 1.807) is 6.92 Å². The molecule has 0 aliphatic heterocycles. The van der Waals surface area contributed by atoms with Crippen LogP contribution in [0.25, 0.3) is 0 Å². The Hall–Kier alpha value is -1.75. The van der Waals surface area contributed by atoms with Crippen LogP contribution in [0.15, 0.2) is 18.2 Å². The predicted octanol–water partition coefficient (Wildman–Crippen LogP) is 1.54. The van der Waals surface area contributed by atoms with E-state index in [9.17, 15) is 19.1 Å². The van der Waals surface area contributed by atoms with Crippen molar-refractivity contribution in [1.82, 2.24) is 0 Å². The zero-order valence-electron chi connectivity index (χ0n) is 8.61. The van der Waals surface area contributed by atoms with Gasteiger partial charge in [0.25, 0.3) is 0 Å². The largest absolute Gasteiger partial charge is 0.479 e. The number of ketones is 1. The Morgan fingerprint density at radius 2 is 2.06 bits per heavy atom. The number of aliphatic hydroxyl groups excluding tert-OH is 1. The van der Waals surface area contributed by atoms with Crippen LogP contribution < -0.4 is 0 Å². The number of Topliss-reactive ketones (excluding diaryl/α,β-unsaturated/α-hetero) is 1. The lowest BCUT2D eigenvalue weighted by atomic mass is 9.97. The van der Waals surface area contributed by atoms with Crippen molar-refractivity contribution in [2.75, 3.05) is 0 Å². The van der Waals surface area contributed by atoms with E-state index in [1.807, 2.05) is 0 Å². The summed E-state index contributed by atoms with van der Waals surface area (Å²) in [5.41, 5.74) is -0.556. The highest BCUT2D eigenvalue weighted by Gasteiger charge is 2.25. The Labute approximate surface area is 91.3 Å². The van der Waals surface area contributed by atoms with Crippen LogP contribution in [0.4, 0.5) is 4.39 Å². The molecule has 0 aliphatic rings. The fraction of sp³-hybridized carbons (Fsp3) is 0.273. The van der Waals surface area contributed by atoms with Gasteiger partial charge >= 0.3 is 5.97 Å². The minimum atomic E-state index is -2.02. The number of hydrogen-bond donors (Lipinski definition) is 2. The van der Waals surface area contributed by atoms with Crippen molar-refractivity contribution in [1.29, 1.82) is 0 Å². The summed E-state index contributed by atoms with van der Waals surface area (Å²) in [6, 6.07) is 3.61. The molecule has 0 radical (unpaired) electrons. The van der Waals surface area contributed by atoms with Crippen LogP contribution in [-0.4, -0.2) is 22.0 Å². The monoisotopic (exact) mass is 226 g/mol. The summed E-state index contributed by atoms with van der Waals surface area (Å²) >= 11 is 0. The van der Waals surface area contributed by atoms with Crippen molar-refractivity contribution in [3.8, 4) is 0 Å². The van der Waals surface area contributed by atoms with Crippen LogP contribution in [0.2, 0.25) is 0 Å². The molecule has 4 nitrogen and oxygen atoms in total. The minimum Gasteiger partial charge on any atom is -0.479 e. The normalized spacial score (nSPS) is 12.2. The highest BCUT2D eigenvalue weighted by molar-refractivity contribution is 5.98. The Bertz CT molecular complexity index is 428. The van der Waals surface area contributed by atoms with Crippen LogP contribution in [0.1, 0.15) is 35.4 Å². The highest BCUT2D eigenvalue weighted by Crippen LogP contribution is 2.23. The molecule has 1 aromatic carbocycles. The molecule has 0 amide bonds. The molecule has 0 bridgehead atoms. The van der Waals surface area contributed by atoms with Gasteiger partial charge in [0.2, 0.25) is 0 Å². The molecular formula is C11H11FO4. The first-order valence-electron chi connectivity index (χ1n) is 4.71. The molecule has 1 rings (SSSR count). The number of carboxylic acid groups (broad SMARTS) is 1. The quantitative estimate of drug-likeness (QED) is 0.763. The summed E-state index contributed by atoms with van der Waals surface area (Å²) < 4.78 is 13.4. The summed E-state index contributed by atoms with van der Waals surface area (Å²) in [6.45, 7) is 1.57. The summed E-state index contributed by atoms with van der Waals surface area (Å²) in [4.78, 5) is 22.0. The third-order valence-corrected chi connectivity index (χ3v) is 2.18. The molecule has 1 atom stereocenters. The highest BCUT2D eigenvalue weighted by atomic mass is 19.1. The smallest absolute Gasteiger partial charge is 0.337 e. The number of halogens is 1. The Morgan fingerprint density at radius 1 is 1.44 bits per heavy atom. The van der Waals surface area contributed by atoms with Crippen molar-refractivity contribution < 1.29 is 24.2 Å². The van der Waals surface area contributed by atoms with Gasteiger partial charge in [0.1, 0.15) is 5.82 Å². The summed E-state index contributed by atoms with van der Waals surface area (Å²) in [5.74, 6) is -2.89. The van der Waals surface area contributed by atoms with E-state index >= 15 is 0 Å². The zero-order valence-corrected chi connectivity index (χ0v) is 8.61. The summed E-state index contributed by atoms with van der Waals surface area (Å²) in [6.07, 6.45) is -1.91. The molecule has 2 N–H and O–H groups in total. The molecule has 0 heterocycles. The maximum atomic E-state index is 13.4. The average Bonchev–Trinajstić information content (AvgIpc) is 2.26. The molecule has 0 saturated carbocycles. The number of aliphatic hydroxyl groups is 1. The Balaban J connectivity index is 3.34. The van der Waals surface area contributed by atoms with Gasteiger partial charge in [-0.2, -0.15) is 0 Å². The first-order valence-corrected chi connectivity index (χ1v) is 4.71. The molecule has 1 unspecified atom stereocenters. The van der Waals surface area contributed by atoms with Gasteiger partial charge in [-0.05, 0) is 6.07 Å². The lowest BCUT2D eigenvalue weighted by Crippen LogP contribution is -2.16. The first kappa shape index (κ1) is 12.3. The maximum absolute atomic E-state index is 13.4. The lowest BCUT2D eigenvalue weighted by molar-refractivity contribution is -0.147. The Kier molecular flexibility index (Phi) is 3.73.